The molecular weight excluding hydrogens is 332 g/mol. The van der Waals surface area contributed by atoms with Crippen molar-refractivity contribution in [2.75, 3.05) is 4.72 Å². The number of rotatable bonds is 4. The van der Waals surface area contributed by atoms with Gasteiger partial charge in [-0.3, -0.25) is 4.72 Å². The van der Waals surface area contributed by atoms with Gasteiger partial charge in [0.1, 0.15) is 4.88 Å². The number of aromatic nitrogens is 1. The van der Waals surface area contributed by atoms with Crippen LogP contribution < -0.4 is 4.72 Å². The van der Waals surface area contributed by atoms with Gasteiger partial charge < -0.3 is 5.11 Å². The highest BCUT2D eigenvalue weighted by Gasteiger charge is 2.22. The van der Waals surface area contributed by atoms with Gasteiger partial charge in [-0.1, -0.05) is 20.8 Å². The van der Waals surface area contributed by atoms with Crippen LogP contribution in [0.15, 0.2) is 21.7 Å². The molecule has 2 heterocycles. The quantitative estimate of drug-likeness (QED) is 0.887. The molecule has 2 aromatic heterocycles. The Morgan fingerprint density at radius 3 is 2.43 bits per heavy atom. The van der Waals surface area contributed by atoms with E-state index in [9.17, 15) is 13.2 Å². The van der Waals surface area contributed by atoms with Crippen molar-refractivity contribution in [2.45, 2.75) is 31.1 Å². The van der Waals surface area contributed by atoms with Crippen molar-refractivity contribution in [3.63, 3.8) is 0 Å². The Balaban J connectivity index is 2.24. The number of thiophene rings is 1. The van der Waals surface area contributed by atoms with Gasteiger partial charge in [0.2, 0.25) is 0 Å². The van der Waals surface area contributed by atoms with Crippen LogP contribution >= 0.6 is 22.7 Å². The van der Waals surface area contributed by atoms with E-state index in [1.807, 2.05) is 20.8 Å². The van der Waals surface area contributed by atoms with E-state index in [2.05, 4.69) is 9.71 Å². The summed E-state index contributed by atoms with van der Waals surface area (Å²) in [6, 6.07) is 1.13. The maximum Gasteiger partial charge on any atom is 0.345 e. The lowest BCUT2D eigenvalue weighted by Crippen LogP contribution is -2.14. The number of sulfonamides is 1. The van der Waals surface area contributed by atoms with Crippen LogP contribution in [0.3, 0.4) is 0 Å². The first-order valence-corrected chi connectivity index (χ1v) is 9.14. The van der Waals surface area contributed by atoms with Crippen molar-refractivity contribution in [1.82, 2.24) is 4.98 Å². The zero-order valence-corrected chi connectivity index (χ0v) is 14.0. The van der Waals surface area contributed by atoms with Crippen LogP contribution in [0, 0.1) is 0 Å². The van der Waals surface area contributed by atoms with Crippen molar-refractivity contribution >= 4 is 43.8 Å². The summed E-state index contributed by atoms with van der Waals surface area (Å²) in [5.41, 5.74) is 0.626. The number of carbonyl (C=O) groups is 1. The predicted octanol–water partition coefficient (Wildman–Crippen LogP) is 3.00. The Bertz CT molecular complexity index is 769. The third kappa shape index (κ3) is 3.60. The number of hydrogen-bond acceptors (Lipinski definition) is 6. The van der Waals surface area contributed by atoms with Crippen molar-refractivity contribution in [3.8, 4) is 0 Å². The summed E-state index contributed by atoms with van der Waals surface area (Å²) >= 11 is 2.07. The minimum Gasteiger partial charge on any atom is -0.477 e. The minimum absolute atomic E-state index is 0.0232. The van der Waals surface area contributed by atoms with Crippen molar-refractivity contribution < 1.29 is 18.3 Å². The molecule has 6 nitrogen and oxygen atoms in total. The highest BCUT2D eigenvalue weighted by atomic mass is 32.2. The van der Waals surface area contributed by atoms with Crippen molar-refractivity contribution in [1.29, 1.82) is 0 Å². The lowest BCUT2D eigenvalue weighted by Gasteiger charge is -2.14. The molecule has 0 atom stereocenters. The highest BCUT2D eigenvalue weighted by Crippen LogP contribution is 2.28. The van der Waals surface area contributed by atoms with Crippen LogP contribution in [0.2, 0.25) is 0 Å². The second-order valence-corrected chi connectivity index (χ2v) is 8.80. The zero-order chi connectivity index (χ0) is 15.8. The normalized spacial score (nSPS) is 12.3. The Labute approximate surface area is 130 Å². The van der Waals surface area contributed by atoms with Gasteiger partial charge in [0, 0.05) is 16.2 Å². The molecule has 0 aliphatic rings. The number of anilines is 1. The molecule has 0 fully saturated rings. The Morgan fingerprint density at radius 1 is 1.29 bits per heavy atom. The first-order chi connectivity index (χ1) is 9.59. The maximum atomic E-state index is 12.2. The molecule has 0 aliphatic heterocycles. The topological polar surface area (TPSA) is 96.4 Å². The summed E-state index contributed by atoms with van der Waals surface area (Å²) in [5.74, 6) is -1.15. The van der Waals surface area contributed by atoms with Gasteiger partial charge in [0.05, 0.1) is 10.6 Å². The standard InChI is InChI=1S/C12H14N2O4S3/c1-12(2,3)9-6-20-11(13-9)14-21(17,18)7-4-8(10(15)16)19-5-7/h4-6H,1-3H3,(H,13,14)(H,15,16). The number of aromatic carboxylic acids is 1. The summed E-state index contributed by atoms with van der Waals surface area (Å²) in [6.45, 7) is 5.95. The van der Waals surface area contributed by atoms with Gasteiger partial charge in [-0.2, -0.15) is 0 Å². The monoisotopic (exact) mass is 346 g/mol. The summed E-state index contributed by atoms with van der Waals surface area (Å²) in [6.07, 6.45) is 0. The molecule has 0 radical (unpaired) electrons. The van der Waals surface area contributed by atoms with Gasteiger partial charge in [-0.25, -0.2) is 18.2 Å². The fraction of sp³-hybridized carbons (Fsp3) is 0.333. The van der Waals surface area contributed by atoms with Gasteiger partial charge in [-0.15, -0.1) is 22.7 Å². The molecule has 0 aliphatic carbocycles. The summed E-state index contributed by atoms with van der Waals surface area (Å²) in [7, 11) is -3.81. The molecule has 0 bridgehead atoms. The van der Waals surface area contributed by atoms with Crippen LogP contribution in [0.25, 0.3) is 0 Å². The third-order valence-corrected chi connectivity index (χ3v) is 5.86. The summed E-state index contributed by atoms with van der Waals surface area (Å²) in [5, 5.41) is 12.2. The average molecular weight is 346 g/mol. The van der Waals surface area contributed by atoms with E-state index in [1.165, 1.54) is 16.7 Å². The van der Waals surface area contributed by atoms with Crippen LogP contribution in [0.1, 0.15) is 36.1 Å². The molecule has 2 N–H and O–H groups in total. The second kappa shape index (κ2) is 5.39. The van der Waals surface area contributed by atoms with E-state index in [0.717, 1.165) is 23.1 Å². The molecule has 0 saturated heterocycles. The SMILES string of the molecule is CC(C)(C)c1csc(NS(=O)(=O)c2csc(C(=O)O)c2)n1. The lowest BCUT2D eigenvalue weighted by atomic mass is 9.93. The van der Waals surface area contributed by atoms with Crippen LogP contribution in [0.5, 0.6) is 0 Å². The lowest BCUT2D eigenvalue weighted by molar-refractivity contribution is 0.0702. The second-order valence-electron chi connectivity index (χ2n) is 5.35. The van der Waals surface area contributed by atoms with Crippen LogP contribution in [0.4, 0.5) is 5.13 Å². The summed E-state index contributed by atoms with van der Waals surface area (Å²) < 4.78 is 26.7. The summed E-state index contributed by atoms with van der Waals surface area (Å²) in [4.78, 5) is 15.0. The first-order valence-electron chi connectivity index (χ1n) is 5.90. The average Bonchev–Trinajstić information content (AvgIpc) is 2.94. The molecule has 0 unspecified atom stereocenters. The molecule has 0 aromatic carbocycles. The number of carboxylic acid groups (broad SMARTS) is 1. The zero-order valence-electron chi connectivity index (χ0n) is 11.6. The largest absolute Gasteiger partial charge is 0.477 e. The molecule has 0 spiro atoms. The van der Waals surface area contributed by atoms with E-state index in [0.29, 0.717) is 0 Å². The van der Waals surface area contributed by atoms with Gasteiger partial charge in [-0.05, 0) is 6.07 Å². The van der Waals surface area contributed by atoms with Crippen molar-refractivity contribution in [2.24, 2.45) is 0 Å². The molecular formula is C12H14N2O4S3. The first kappa shape index (κ1) is 15.9. The van der Waals surface area contributed by atoms with E-state index in [-0.39, 0.29) is 20.3 Å². The molecule has 9 heteroatoms. The van der Waals surface area contributed by atoms with Gasteiger partial charge >= 0.3 is 5.97 Å². The Hall–Kier alpha value is -1.45. The number of nitrogens with one attached hydrogen (secondary N) is 1. The Kier molecular flexibility index (Phi) is 4.09. The minimum atomic E-state index is -3.81. The number of thiazole rings is 1. The Morgan fingerprint density at radius 2 is 1.95 bits per heavy atom. The van der Waals surface area contributed by atoms with E-state index in [1.54, 1.807) is 5.38 Å². The predicted molar refractivity (Wildman–Crippen MR) is 82.9 cm³/mol. The molecule has 2 aromatic rings. The van der Waals surface area contributed by atoms with E-state index < -0.39 is 16.0 Å². The fourth-order valence-electron chi connectivity index (χ4n) is 1.41. The number of hydrogen-bond donors (Lipinski definition) is 2. The fourth-order valence-corrected chi connectivity index (χ4v) is 4.71. The van der Waals surface area contributed by atoms with E-state index >= 15 is 0 Å². The maximum absolute atomic E-state index is 12.2. The molecule has 0 saturated carbocycles. The molecule has 0 amide bonds. The molecule has 2 rings (SSSR count). The smallest absolute Gasteiger partial charge is 0.345 e. The van der Waals surface area contributed by atoms with Crippen LogP contribution in [-0.4, -0.2) is 24.5 Å². The van der Waals surface area contributed by atoms with E-state index in [4.69, 9.17) is 5.11 Å². The third-order valence-electron chi connectivity index (χ3n) is 2.59. The number of carboxylic acids is 1. The van der Waals surface area contributed by atoms with Gasteiger partial charge in [0.25, 0.3) is 10.0 Å². The van der Waals surface area contributed by atoms with Crippen LogP contribution in [-0.2, 0) is 15.4 Å². The van der Waals surface area contributed by atoms with Gasteiger partial charge in [0.15, 0.2) is 5.13 Å². The number of nitrogens with zero attached hydrogens (tertiary/aromatic N) is 1. The van der Waals surface area contributed by atoms with Crippen molar-refractivity contribution in [3.05, 3.63) is 27.4 Å². The molecule has 114 valence electrons. The molecule has 21 heavy (non-hydrogen) atoms. The highest BCUT2D eigenvalue weighted by molar-refractivity contribution is 7.93.